The Labute approximate surface area is 123 Å². The summed E-state index contributed by atoms with van der Waals surface area (Å²) in [5.41, 5.74) is -0.0959. The van der Waals surface area contributed by atoms with Crippen molar-refractivity contribution in [1.29, 1.82) is 0 Å². The Balaban J connectivity index is 0. The second-order valence-corrected chi connectivity index (χ2v) is 5.55. The lowest BCUT2D eigenvalue weighted by Crippen LogP contribution is -2.42. The van der Waals surface area contributed by atoms with Gasteiger partial charge in [0, 0.05) is 11.5 Å². The second kappa shape index (κ2) is 7.59. The van der Waals surface area contributed by atoms with Gasteiger partial charge in [-0.05, 0) is 20.8 Å². The van der Waals surface area contributed by atoms with Crippen molar-refractivity contribution in [1.82, 2.24) is 5.32 Å². The van der Waals surface area contributed by atoms with E-state index in [1.807, 2.05) is 34.6 Å². The number of halogens is 6. The highest BCUT2D eigenvalue weighted by molar-refractivity contribution is 6.41. The maximum absolute atomic E-state index is 11.2. The van der Waals surface area contributed by atoms with Gasteiger partial charge in [0.05, 0.1) is 0 Å². The average molecular weight is 337 g/mol. The zero-order chi connectivity index (χ0) is 18.5. The Hall–Kier alpha value is -1.61. The molecule has 0 saturated carbocycles. The molecule has 22 heavy (non-hydrogen) atoms. The van der Waals surface area contributed by atoms with Crippen molar-refractivity contribution >= 4 is 17.5 Å². The molecular formula is C12H17F6NO3. The van der Waals surface area contributed by atoms with Gasteiger partial charge >= 0.3 is 23.9 Å². The van der Waals surface area contributed by atoms with E-state index in [1.54, 1.807) is 0 Å². The third-order valence-corrected chi connectivity index (χ3v) is 1.74. The van der Waals surface area contributed by atoms with Gasteiger partial charge in [-0.25, -0.2) is 0 Å². The van der Waals surface area contributed by atoms with E-state index in [-0.39, 0.29) is 17.4 Å². The van der Waals surface area contributed by atoms with Gasteiger partial charge in [0.1, 0.15) is 0 Å². The van der Waals surface area contributed by atoms with Crippen LogP contribution >= 0.6 is 0 Å². The maximum Gasteiger partial charge on any atom is 0.458 e. The van der Waals surface area contributed by atoms with E-state index >= 15 is 0 Å². The topological polar surface area (TPSA) is 63.2 Å². The van der Waals surface area contributed by atoms with Gasteiger partial charge in [-0.1, -0.05) is 13.8 Å². The molecule has 0 unspecified atom stereocenters. The first-order chi connectivity index (χ1) is 9.39. The van der Waals surface area contributed by atoms with Gasteiger partial charge in [-0.2, -0.15) is 26.3 Å². The number of ketones is 2. The number of hydrogen-bond donors (Lipinski definition) is 1. The van der Waals surface area contributed by atoms with Crippen LogP contribution in [0.15, 0.2) is 0 Å². The van der Waals surface area contributed by atoms with E-state index in [0.29, 0.717) is 0 Å². The summed E-state index contributed by atoms with van der Waals surface area (Å²) in [6.45, 7) is 9.72. The minimum absolute atomic E-state index is 0.0826. The molecular weight excluding hydrogens is 320 g/mol. The quantitative estimate of drug-likeness (QED) is 0.622. The number of alkyl halides is 6. The molecule has 130 valence electrons. The number of amides is 1. The smallest absolute Gasteiger partial charge is 0.351 e. The van der Waals surface area contributed by atoms with E-state index in [2.05, 4.69) is 5.32 Å². The summed E-state index contributed by atoms with van der Waals surface area (Å²) >= 11 is 0. The van der Waals surface area contributed by atoms with Crippen LogP contribution in [0.4, 0.5) is 26.3 Å². The Kier molecular flexibility index (Phi) is 7.82. The number of hydrogen-bond acceptors (Lipinski definition) is 3. The summed E-state index contributed by atoms with van der Waals surface area (Å²) in [6, 6.07) is 0. The molecule has 0 aliphatic rings. The molecule has 0 aliphatic carbocycles. The molecule has 0 heterocycles. The molecule has 4 nitrogen and oxygen atoms in total. The molecule has 1 N–H and O–H groups in total. The van der Waals surface area contributed by atoms with Crippen LogP contribution in [0.1, 0.15) is 34.6 Å². The summed E-state index contributed by atoms with van der Waals surface area (Å²) < 4.78 is 67.0. The standard InChI is InChI=1S/C8H17NO.C4F6O2/c1-6(2)7(10)9-8(3,4)5;5-3(6,7)1(11)2(12)4(8,9)10/h6H,1-5H3,(H,9,10);. The molecule has 0 bridgehead atoms. The summed E-state index contributed by atoms with van der Waals surface area (Å²) in [5, 5.41) is 2.88. The SMILES string of the molecule is CC(C)C(=O)NC(C)(C)C.O=C(C(=O)C(F)(F)F)C(F)(F)F. The molecule has 0 spiro atoms. The van der Waals surface area contributed by atoms with Crippen LogP contribution in [0.5, 0.6) is 0 Å². The van der Waals surface area contributed by atoms with E-state index in [4.69, 9.17) is 0 Å². The Bertz CT molecular complexity index is 394. The first kappa shape index (κ1) is 22.7. The van der Waals surface area contributed by atoms with Gasteiger partial charge in [-0.3, -0.25) is 14.4 Å². The van der Waals surface area contributed by atoms with Gasteiger partial charge in [0.25, 0.3) is 0 Å². The fourth-order valence-electron chi connectivity index (χ4n) is 0.771. The van der Waals surface area contributed by atoms with E-state index in [0.717, 1.165) is 0 Å². The Morgan fingerprint density at radius 2 is 1.05 bits per heavy atom. The highest BCUT2D eigenvalue weighted by Crippen LogP contribution is 2.23. The first-order valence-electron chi connectivity index (χ1n) is 5.94. The highest BCUT2D eigenvalue weighted by Gasteiger charge is 2.54. The lowest BCUT2D eigenvalue weighted by Gasteiger charge is -2.21. The van der Waals surface area contributed by atoms with E-state index in [1.165, 1.54) is 0 Å². The molecule has 0 aromatic rings. The molecule has 0 aliphatic heterocycles. The van der Waals surface area contributed by atoms with Crippen LogP contribution in [0.25, 0.3) is 0 Å². The van der Waals surface area contributed by atoms with Crippen LogP contribution in [-0.4, -0.2) is 35.4 Å². The zero-order valence-electron chi connectivity index (χ0n) is 12.6. The molecule has 10 heteroatoms. The van der Waals surface area contributed by atoms with E-state index < -0.39 is 23.9 Å². The van der Waals surface area contributed by atoms with Gasteiger partial charge in [0.15, 0.2) is 0 Å². The minimum atomic E-state index is -5.77. The first-order valence-corrected chi connectivity index (χ1v) is 5.94. The number of rotatable bonds is 2. The predicted octanol–water partition coefficient (Wildman–Crippen LogP) is 2.81. The van der Waals surface area contributed by atoms with Crippen LogP contribution in [0, 0.1) is 5.92 Å². The van der Waals surface area contributed by atoms with Crippen LogP contribution in [-0.2, 0) is 14.4 Å². The number of carbonyl (C=O) groups excluding carboxylic acids is 3. The van der Waals surface area contributed by atoms with Crippen molar-refractivity contribution < 1.29 is 40.7 Å². The number of nitrogens with one attached hydrogen (secondary N) is 1. The largest absolute Gasteiger partial charge is 0.458 e. The molecule has 0 aromatic heterocycles. The highest BCUT2D eigenvalue weighted by atomic mass is 19.4. The minimum Gasteiger partial charge on any atom is -0.351 e. The van der Waals surface area contributed by atoms with Crippen molar-refractivity contribution in [2.75, 3.05) is 0 Å². The summed E-state index contributed by atoms with van der Waals surface area (Å²) in [7, 11) is 0. The zero-order valence-corrected chi connectivity index (χ0v) is 12.6. The van der Waals surface area contributed by atoms with Crippen LogP contribution < -0.4 is 5.32 Å². The normalized spacial score (nSPS) is 12.4. The summed E-state index contributed by atoms with van der Waals surface area (Å²) in [5.74, 6) is -6.61. The second-order valence-electron chi connectivity index (χ2n) is 5.55. The van der Waals surface area contributed by atoms with Crippen LogP contribution in [0.2, 0.25) is 0 Å². The fraction of sp³-hybridized carbons (Fsp3) is 0.750. The van der Waals surface area contributed by atoms with Crippen molar-refractivity contribution in [2.24, 2.45) is 5.92 Å². The molecule has 0 atom stereocenters. The predicted molar refractivity (Wildman–Crippen MR) is 64.9 cm³/mol. The lowest BCUT2D eigenvalue weighted by molar-refractivity contribution is -0.193. The third-order valence-electron chi connectivity index (χ3n) is 1.74. The summed E-state index contributed by atoms with van der Waals surface area (Å²) in [6.07, 6.45) is -11.5. The maximum atomic E-state index is 11.2. The van der Waals surface area contributed by atoms with Crippen LogP contribution in [0.3, 0.4) is 0 Å². The molecule has 0 saturated heterocycles. The molecule has 0 aromatic carbocycles. The molecule has 0 radical (unpaired) electrons. The van der Waals surface area contributed by atoms with Gasteiger partial charge < -0.3 is 5.32 Å². The van der Waals surface area contributed by atoms with Crippen molar-refractivity contribution in [2.45, 2.75) is 52.5 Å². The van der Waals surface area contributed by atoms with Gasteiger partial charge in [0.2, 0.25) is 5.91 Å². The lowest BCUT2D eigenvalue weighted by atomic mass is 10.1. The number of Topliss-reactive ketones (excluding diaryl/α,β-unsaturated/α-hetero) is 2. The number of carbonyl (C=O) groups is 3. The molecule has 0 fully saturated rings. The Morgan fingerprint density at radius 1 is 0.773 bits per heavy atom. The van der Waals surface area contributed by atoms with Crippen molar-refractivity contribution in [3.05, 3.63) is 0 Å². The monoisotopic (exact) mass is 337 g/mol. The molecule has 0 rings (SSSR count). The third kappa shape index (κ3) is 10.2. The van der Waals surface area contributed by atoms with Crippen molar-refractivity contribution in [3.8, 4) is 0 Å². The van der Waals surface area contributed by atoms with Gasteiger partial charge in [-0.15, -0.1) is 0 Å². The fourth-order valence-corrected chi connectivity index (χ4v) is 0.771. The van der Waals surface area contributed by atoms with Crippen molar-refractivity contribution in [3.63, 3.8) is 0 Å². The molecule has 1 amide bonds. The average Bonchev–Trinajstić information content (AvgIpc) is 2.22. The summed E-state index contributed by atoms with van der Waals surface area (Å²) in [4.78, 5) is 30.3. The Morgan fingerprint density at radius 3 is 1.14 bits per heavy atom. The van der Waals surface area contributed by atoms with E-state index in [9.17, 15) is 40.7 Å².